The second-order valence-corrected chi connectivity index (χ2v) is 5.80. The van der Waals surface area contributed by atoms with Crippen molar-refractivity contribution in [3.05, 3.63) is 78.5 Å². The molecule has 1 aromatic carbocycles. The third-order valence-corrected chi connectivity index (χ3v) is 3.86. The van der Waals surface area contributed by atoms with Gasteiger partial charge in [-0.05, 0) is 30.3 Å². The average molecular weight is 495 g/mol. The lowest BCUT2D eigenvalue weighted by Crippen LogP contribution is -2.38. The van der Waals surface area contributed by atoms with Crippen molar-refractivity contribution in [1.82, 2.24) is 20.2 Å². The van der Waals surface area contributed by atoms with E-state index in [1.54, 1.807) is 25.4 Å². The molecule has 3 rings (SSSR count). The molecule has 0 bridgehead atoms. The highest BCUT2D eigenvalue weighted by Crippen LogP contribution is 2.23. The van der Waals surface area contributed by atoms with E-state index >= 15 is 0 Å². The standard InChI is InChI=1S/C20H22FN5O.HI/c1-22-20(24-10-13-26-11-2-3-12-26)25-15-16-6-5-9-23-19(16)27-18-8-4-7-17(21)14-18;/h2-9,11-12,14H,10,13,15H2,1H3,(H2,22,24,25);1H. The first-order valence-corrected chi connectivity index (χ1v) is 8.67. The molecule has 2 aromatic heterocycles. The van der Waals surface area contributed by atoms with Crippen LogP contribution in [0.25, 0.3) is 0 Å². The van der Waals surface area contributed by atoms with Gasteiger partial charge in [-0.1, -0.05) is 12.1 Å². The molecule has 0 radical (unpaired) electrons. The molecule has 0 saturated heterocycles. The first-order valence-electron chi connectivity index (χ1n) is 8.67. The van der Waals surface area contributed by atoms with Crippen LogP contribution in [0.3, 0.4) is 0 Å². The average Bonchev–Trinajstić information content (AvgIpc) is 3.19. The SMILES string of the molecule is CN=C(NCCn1cccc1)NCc1cccnc1Oc1cccc(F)c1.I. The second-order valence-electron chi connectivity index (χ2n) is 5.80. The van der Waals surface area contributed by atoms with Crippen LogP contribution < -0.4 is 15.4 Å². The number of halogens is 2. The summed E-state index contributed by atoms with van der Waals surface area (Å²) in [7, 11) is 1.72. The van der Waals surface area contributed by atoms with Gasteiger partial charge in [0.2, 0.25) is 5.88 Å². The van der Waals surface area contributed by atoms with Crippen LogP contribution >= 0.6 is 24.0 Å². The van der Waals surface area contributed by atoms with Crippen molar-refractivity contribution in [1.29, 1.82) is 0 Å². The summed E-state index contributed by atoms with van der Waals surface area (Å²) in [6.45, 7) is 2.06. The molecule has 8 heteroatoms. The molecule has 0 atom stereocenters. The topological polar surface area (TPSA) is 63.5 Å². The van der Waals surface area contributed by atoms with E-state index in [-0.39, 0.29) is 29.8 Å². The van der Waals surface area contributed by atoms with Crippen molar-refractivity contribution in [3.63, 3.8) is 0 Å². The third kappa shape index (κ3) is 6.52. The Labute approximate surface area is 180 Å². The lowest BCUT2D eigenvalue weighted by Gasteiger charge is -2.14. The van der Waals surface area contributed by atoms with Crippen LogP contribution in [-0.2, 0) is 13.1 Å². The molecule has 0 fully saturated rings. The molecular formula is C20H23FIN5O. The Morgan fingerprint density at radius 2 is 1.96 bits per heavy atom. The largest absolute Gasteiger partial charge is 0.439 e. The Balaban J connectivity index is 0.00000280. The monoisotopic (exact) mass is 495 g/mol. The highest BCUT2D eigenvalue weighted by molar-refractivity contribution is 14.0. The van der Waals surface area contributed by atoms with Crippen LogP contribution in [0, 0.1) is 5.82 Å². The summed E-state index contributed by atoms with van der Waals surface area (Å²) < 4.78 is 21.2. The van der Waals surface area contributed by atoms with Gasteiger partial charge in [0.05, 0.1) is 0 Å². The zero-order valence-corrected chi connectivity index (χ0v) is 17.8. The number of rotatable bonds is 7. The number of guanidine groups is 1. The summed E-state index contributed by atoms with van der Waals surface area (Å²) in [5.74, 6) is 1.17. The number of hydrogen-bond acceptors (Lipinski definition) is 3. The van der Waals surface area contributed by atoms with Crippen LogP contribution in [0.4, 0.5) is 4.39 Å². The van der Waals surface area contributed by atoms with Crippen LogP contribution in [-0.4, -0.2) is 29.1 Å². The minimum atomic E-state index is -0.351. The quantitative estimate of drug-likeness (QED) is 0.298. The van der Waals surface area contributed by atoms with Gasteiger partial charge in [-0.2, -0.15) is 0 Å². The zero-order valence-electron chi connectivity index (χ0n) is 15.5. The van der Waals surface area contributed by atoms with E-state index in [9.17, 15) is 4.39 Å². The second kappa shape index (κ2) is 11.3. The molecule has 148 valence electrons. The molecule has 2 N–H and O–H groups in total. The fourth-order valence-electron chi connectivity index (χ4n) is 2.51. The Morgan fingerprint density at radius 1 is 1.14 bits per heavy atom. The summed E-state index contributed by atoms with van der Waals surface area (Å²) in [6.07, 6.45) is 5.68. The Hall–Kier alpha value is -2.62. The molecule has 0 spiro atoms. The number of aliphatic imine (C=N–C) groups is 1. The number of hydrogen-bond donors (Lipinski definition) is 2. The minimum absolute atomic E-state index is 0. The van der Waals surface area contributed by atoms with E-state index < -0.39 is 0 Å². The van der Waals surface area contributed by atoms with Crippen molar-refractivity contribution in [2.75, 3.05) is 13.6 Å². The molecule has 0 saturated carbocycles. The lowest BCUT2D eigenvalue weighted by atomic mass is 10.2. The van der Waals surface area contributed by atoms with Crippen molar-refractivity contribution in [2.24, 2.45) is 4.99 Å². The minimum Gasteiger partial charge on any atom is -0.439 e. The Bertz CT molecular complexity index is 886. The maximum absolute atomic E-state index is 13.4. The normalized spacial score (nSPS) is 10.9. The molecule has 3 aromatic rings. The summed E-state index contributed by atoms with van der Waals surface area (Å²) in [6, 6.07) is 13.7. The van der Waals surface area contributed by atoms with Crippen LogP contribution in [0.15, 0.2) is 72.1 Å². The maximum atomic E-state index is 13.4. The highest BCUT2D eigenvalue weighted by atomic mass is 127. The number of nitrogens with zero attached hydrogens (tertiary/aromatic N) is 3. The molecule has 0 aliphatic carbocycles. The molecule has 0 unspecified atom stereocenters. The first-order chi connectivity index (χ1) is 13.2. The zero-order chi connectivity index (χ0) is 18.9. The van der Waals surface area contributed by atoms with E-state index in [4.69, 9.17) is 4.74 Å². The smallest absolute Gasteiger partial charge is 0.224 e. The van der Waals surface area contributed by atoms with Crippen molar-refractivity contribution < 1.29 is 9.13 Å². The van der Waals surface area contributed by atoms with E-state index in [0.717, 1.165) is 18.7 Å². The fourth-order valence-corrected chi connectivity index (χ4v) is 2.51. The van der Waals surface area contributed by atoms with Gasteiger partial charge >= 0.3 is 0 Å². The van der Waals surface area contributed by atoms with Crippen molar-refractivity contribution in [2.45, 2.75) is 13.1 Å². The van der Waals surface area contributed by atoms with E-state index in [1.165, 1.54) is 12.1 Å². The van der Waals surface area contributed by atoms with Gasteiger partial charge in [-0.15, -0.1) is 24.0 Å². The van der Waals surface area contributed by atoms with Gasteiger partial charge in [0, 0.05) is 56.9 Å². The van der Waals surface area contributed by atoms with Gasteiger partial charge in [-0.3, -0.25) is 4.99 Å². The van der Waals surface area contributed by atoms with Crippen LogP contribution in [0.1, 0.15) is 5.56 Å². The van der Waals surface area contributed by atoms with E-state index in [0.29, 0.717) is 24.1 Å². The molecule has 2 heterocycles. The molecule has 6 nitrogen and oxygen atoms in total. The van der Waals surface area contributed by atoms with Gasteiger partial charge in [0.1, 0.15) is 11.6 Å². The molecule has 0 aliphatic heterocycles. The molecular weight excluding hydrogens is 472 g/mol. The maximum Gasteiger partial charge on any atom is 0.224 e. The van der Waals surface area contributed by atoms with E-state index in [1.807, 2.05) is 36.7 Å². The first kappa shape index (κ1) is 21.7. The van der Waals surface area contributed by atoms with Gasteiger partial charge in [0.25, 0.3) is 0 Å². The van der Waals surface area contributed by atoms with Crippen molar-refractivity contribution in [3.8, 4) is 11.6 Å². The lowest BCUT2D eigenvalue weighted by molar-refractivity contribution is 0.450. The highest BCUT2D eigenvalue weighted by Gasteiger charge is 2.08. The number of aromatic nitrogens is 2. The van der Waals surface area contributed by atoms with Crippen molar-refractivity contribution >= 4 is 29.9 Å². The molecule has 28 heavy (non-hydrogen) atoms. The van der Waals surface area contributed by atoms with Gasteiger partial charge in [0.15, 0.2) is 5.96 Å². The number of ether oxygens (including phenoxy) is 1. The summed E-state index contributed by atoms with van der Waals surface area (Å²) >= 11 is 0. The van der Waals surface area contributed by atoms with Crippen LogP contribution in [0.5, 0.6) is 11.6 Å². The van der Waals surface area contributed by atoms with Gasteiger partial charge < -0.3 is 19.9 Å². The predicted octanol–water partition coefficient (Wildman–Crippen LogP) is 3.80. The Morgan fingerprint density at radius 3 is 2.71 bits per heavy atom. The summed E-state index contributed by atoms with van der Waals surface area (Å²) in [4.78, 5) is 8.48. The number of nitrogens with one attached hydrogen (secondary N) is 2. The van der Waals surface area contributed by atoms with Crippen LogP contribution in [0.2, 0.25) is 0 Å². The van der Waals surface area contributed by atoms with Gasteiger partial charge in [-0.25, -0.2) is 9.37 Å². The fraction of sp³-hybridized carbons (Fsp3) is 0.200. The molecule has 0 amide bonds. The Kier molecular flexibility index (Phi) is 8.73. The number of benzene rings is 1. The summed E-state index contributed by atoms with van der Waals surface area (Å²) in [5, 5.41) is 6.50. The molecule has 0 aliphatic rings. The number of pyridine rings is 1. The summed E-state index contributed by atoms with van der Waals surface area (Å²) in [5.41, 5.74) is 0.843. The third-order valence-electron chi connectivity index (χ3n) is 3.86. The predicted molar refractivity (Wildman–Crippen MR) is 119 cm³/mol. The van der Waals surface area contributed by atoms with E-state index in [2.05, 4.69) is 25.2 Å².